The number of sulfonamides is 1. The van der Waals surface area contributed by atoms with Crippen molar-refractivity contribution in [3.05, 3.63) is 64.2 Å². The van der Waals surface area contributed by atoms with Crippen molar-refractivity contribution in [3.8, 4) is 0 Å². The van der Waals surface area contributed by atoms with Crippen LogP contribution in [0.25, 0.3) is 0 Å². The number of aryl methyl sites for hydroxylation is 1. The predicted molar refractivity (Wildman–Crippen MR) is 93.2 cm³/mol. The Bertz CT molecular complexity index is 972. The first kappa shape index (κ1) is 17.6. The zero-order valence-electron chi connectivity index (χ0n) is 13.3. The second kappa shape index (κ2) is 6.59. The molecule has 1 aliphatic heterocycles. The lowest BCUT2D eigenvalue weighted by Gasteiger charge is -2.14. The number of carbonyl (C=O) groups excluding carboxylic acids is 2. The second-order valence-corrected chi connectivity index (χ2v) is 7.81. The highest BCUT2D eigenvalue weighted by Gasteiger charge is 2.36. The highest BCUT2D eigenvalue weighted by molar-refractivity contribution is 7.89. The summed E-state index contributed by atoms with van der Waals surface area (Å²) < 4.78 is 27.0. The fourth-order valence-electron chi connectivity index (χ4n) is 2.65. The van der Waals surface area contributed by atoms with E-state index in [1.807, 2.05) is 0 Å². The van der Waals surface area contributed by atoms with Gasteiger partial charge in [-0.25, -0.2) is 13.1 Å². The van der Waals surface area contributed by atoms with E-state index in [9.17, 15) is 18.0 Å². The largest absolute Gasteiger partial charge is 0.273 e. The van der Waals surface area contributed by atoms with Crippen LogP contribution in [0.4, 0.5) is 0 Å². The molecule has 2 amide bonds. The lowest BCUT2D eigenvalue weighted by atomic mass is 10.1. The van der Waals surface area contributed by atoms with Gasteiger partial charge in [0.25, 0.3) is 11.8 Å². The van der Waals surface area contributed by atoms with Crippen LogP contribution in [-0.2, 0) is 10.0 Å². The molecule has 0 saturated carbocycles. The zero-order chi connectivity index (χ0) is 18.2. The number of rotatable bonds is 5. The molecule has 6 nitrogen and oxygen atoms in total. The van der Waals surface area contributed by atoms with E-state index in [0.717, 1.165) is 10.5 Å². The lowest BCUT2D eigenvalue weighted by molar-refractivity contribution is 0.0657. The maximum absolute atomic E-state index is 12.3. The molecular formula is C17H15ClN2O4S. The van der Waals surface area contributed by atoms with Crippen molar-refractivity contribution < 1.29 is 18.0 Å². The summed E-state index contributed by atoms with van der Waals surface area (Å²) in [4.78, 5) is 25.8. The third-order valence-electron chi connectivity index (χ3n) is 3.88. The van der Waals surface area contributed by atoms with Gasteiger partial charge >= 0.3 is 0 Å². The third-order valence-corrected chi connectivity index (χ3v) is 5.65. The zero-order valence-corrected chi connectivity index (χ0v) is 14.9. The second-order valence-electron chi connectivity index (χ2n) is 5.64. The summed E-state index contributed by atoms with van der Waals surface area (Å²) in [6.45, 7) is 1.63. The Labute approximate surface area is 150 Å². The molecule has 0 aromatic heterocycles. The highest BCUT2D eigenvalue weighted by atomic mass is 35.5. The van der Waals surface area contributed by atoms with Crippen LogP contribution in [0.3, 0.4) is 0 Å². The van der Waals surface area contributed by atoms with E-state index in [1.165, 1.54) is 18.2 Å². The van der Waals surface area contributed by atoms with E-state index in [4.69, 9.17) is 11.6 Å². The summed E-state index contributed by atoms with van der Waals surface area (Å²) in [5.74, 6) is -0.988. The van der Waals surface area contributed by atoms with Crippen molar-refractivity contribution >= 4 is 33.4 Å². The number of nitrogens with zero attached hydrogens (tertiary/aromatic N) is 1. The van der Waals surface area contributed by atoms with Gasteiger partial charge in [0.05, 0.1) is 21.0 Å². The molecule has 1 N–H and O–H groups in total. The molecule has 0 aliphatic carbocycles. The van der Waals surface area contributed by atoms with Crippen LogP contribution in [0.15, 0.2) is 47.4 Å². The minimum Gasteiger partial charge on any atom is -0.273 e. The van der Waals surface area contributed by atoms with Crippen LogP contribution < -0.4 is 4.72 Å². The van der Waals surface area contributed by atoms with Crippen LogP contribution in [0.1, 0.15) is 26.3 Å². The Hall–Kier alpha value is -2.22. The third kappa shape index (κ3) is 3.30. The molecule has 0 saturated heterocycles. The SMILES string of the molecule is Cc1cccc(S(=O)(=O)NCCN2C(=O)c3cccc(Cl)c3C2=O)c1. The molecule has 25 heavy (non-hydrogen) atoms. The van der Waals surface area contributed by atoms with Gasteiger partial charge in [0.2, 0.25) is 10.0 Å². The Morgan fingerprint density at radius 2 is 1.80 bits per heavy atom. The summed E-state index contributed by atoms with van der Waals surface area (Å²) in [7, 11) is -3.71. The van der Waals surface area contributed by atoms with Gasteiger partial charge in [-0.3, -0.25) is 14.5 Å². The quantitative estimate of drug-likeness (QED) is 0.808. The molecule has 0 radical (unpaired) electrons. The van der Waals surface area contributed by atoms with Crippen molar-refractivity contribution in [1.82, 2.24) is 9.62 Å². The average Bonchev–Trinajstić information content (AvgIpc) is 2.81. The van der Waals surface area contributed by atoms with Crippen molar-refractivity contribution in [2.24, 2.45) is 0 Å². The van der Waals surface area contributed by atoms with Crippen LogP contribution in [0, 0.1) is 6.92 Å². The van der Waals surface area contributed by atoms with Gasteiger partial charge in [0.1, 0.15) is 0 Å². The van der Waals surface area contributed by atoms with Gasteiger partial charge in [0, 0.05) is 13.1 Å². The molecule has 1 heterocycles. The molecular weight excluding hydrogens is 364 g/mol. The van der Waals surface area contributed by atoms with Crippen LogP contribution in [0.2, 0.25) is 5.02 Å². The molecule has 2 aromatic carbocycles. The Balaban J connectivity index is 1.70. The first-order valence-corrected chi connectivity index (χ1v) is 9.38. The van der Waals surface area contributed by atoms with Gasteiger partial charge in [-0.1, -0.05) is 29.8 Å². The summed E-state index contributed by atoms with van der Waals surface area (Å²) in [6.07, 6.45) is 0. The number of hydrogen-bond acceptors (Lipinski definition) is 4. The maximum atomic E-state index is 12.3. The van der Waals surface area contributed by atoms with Gasteiger partial charge in [-0.2, -0.15) is 0 Å². The number of hydrogen-bond donors (Lipinski definition) is 1. The molecule has 1 aliphatic rings. The summed E-state index contributed by atoms with van der Waals surface area (Å²) >= 11 is 5.99. The van der Waals surface area contributed by atoms with Gasteiger partial charge in [-0.05, 0) is 36.8 Å². The van der Waals surface area contributed by atoms with Gasteiger partial charge in [0.15, 0.2) is 0 Å². The van der Waals surface area contributed by atoms with E-state index < -0.39 is 21.8 Å². The highest BCUT2D eigenvalue weighted by Crippen LogP contribution is 2.28. The lowest BCUT2D eigenvalue weighted by Crippen LogP contribution is -2.38. The molecule has 8 heteroatoms. The molecule has 0 unspecified atom stereocenters. The Kier molecular flexibility index (Phi) is 4.64. The van der Waals surface area contributed by atoms with Crippen LogP contribution >= 0.6 is 11.6 Å². The minimum absolute atomic E-state index is 0.0757. The summed E-state index contributed by atoms with van der Waals surface area (Å²) in [5, 5.41) is 0.207. The number of benzene rings is 2. The van der Waals surface area contributed by atoms with E-state index in [0.29, 0.717) is 0 Å². The van der Waals surface area contributed by atoms with Crippen molar-refractivity contribution in [3.63, 3.8) is 0 Å². The first-order valence-electron chi connectivity index (χ1n) is 7.52. The Morgan fingerprint density at radius 3 is 2.48 bits per heavy atom. The van der Waals surface area contributed by atoms with Gasteiger partial charge < -0.3 is 0 Å². The normalized spacial score (nSPS) is 14.1. The standard InChI is InChI=1S/C17H15ClN2O4S/c1-11-4-2-5-12(10-11)25(23,24)19-8-9-20-16(21)13-6-3-7-14(18)15(13)17(20)22/h2-7,10,19H,8-9H2,1H3. The fourth-order valence-corrected chi connectivity index (χ4v) is 4.03. The monoisotopic (exact) mass is 378 g/mol. The first-order chi connectivity index (χ1) is 11.8. The van der Waals surface area contributed by atoms with E-state index >= 15 is 0 Å². The number of halogens is 1. The van der Waals surface area contributed by atoms with E-state index in [-0.39, 0.29) is 34.1 Å². The van der Waals surface area contributed by atoms with Crippen molar-refractivity contribution in [2.45, 2.75) is 11.8 Å². The van der Waals surface area contributed by atoms with Gasteiger partial charge in [-0.15, -0.1) is 0 Å². The van der Waals surface area contributed by atoms with E-state index in [2.05, 4.69) is 4.72 Å². The Morgan fingerprint density at radius 1 is 1.08 bits per heavy atom. The van der Waals surface area contributed by atoms with Crippen molar-refractivity contribution in [1.29, 1.82) is 0 Å². The fraction of sp³-hybridized carbons (Fsp3) is 0.176. The molecule has 3 rings (SSSR count). The predicted octanol–water partition coefficient (Wildman–Crippen LogP) is 2.22. The molecule has 0 atom stereocenters. The molecule has 0 spiro atoms. The number of imide groups is 1. The summed E-state index contributed by atoms with van der Waals surface area (Å²) in [5.41, 5.74) is 1.22. The topological polar surface area (TPSA) is 83.6 Å². The molecule has 0 fully saturated rings. The van der Waals surface area contributed by atoms with Crippen molar-refractivity contribution in [2.75, 3.05) is 13.1 Å². The van der Waals surface area contributed by atoms with Crippen LogP contribution in [-0.4, -0.2) is 38.2 Å². The minimum atomic E-state index is -3.71. The molecule has 2 aromatic rings. The number of nitrogens with one attached hydrogen (secondary N) is 1. The number of fused-ring (bicyclic) bond motifs is 1. The van der Waals surface area contributed by atoms with Crippen LogP contribution in [0.5, 0.6) is 0 Å². The summed E-state index contributed by atoms with van der Waals surface area (Å²) in [6, 6.07) is 11.1. The smallest absolute Gasteiger partial charge is 0.263 e. The number of carbonyl (C=O) groups is 2. The number of amides is 2. The molecule has 0 bridgehead atoms. The van der Waals surface area contributed by atoms with E-state index in [1.54, 1.807) is 31.2 Å². The maximum Gasteiger partial charge on any atom is 0.263 e. The molecule has 130 valence electrons. The average molecular weight is 379 g/mol.